The maximum absolute atomic E-state index is 13.1. The summed E-state index contributed by atoms with van der Waals surface area (Å²) in [6.45, 7) is 6.53. The number of thioether (sulfide) groups is 1. The highest BCUT2D eigenvalue weighted by molar-refractivity contribution is 8.00. The van der Waals surface area contributed by atoms with Crippen molar-refractivity contribution in [1.82, 2.24) is 9.55 Å². The highest BCUT2D eigenvalue weighted by Crippen LogP contribution is 2.27. The van der Waals surface area contributed by atoms with Crippen LogP contribution in [0.2, 0.25) is 5.02 Å². The van der Waals surface area contributed by atoms with Gasteiger partial charge in [0.15, 0.2) is 5.16 Å². The molecule has 0 aliphatic carbocycles. The molecule has 1 atom stereocenters. The van der Waals surface area contributed by atoms with Crippen LogP contribution in [0.5, 0.6) is 5.75 Å². The van der Waals surface area contributed by atoms with E-state index in [-0.39, 0.29) is 11.5 Å². The second-order valence-corrected chi connectivity index (χ2v) is 9.39. The number of nitrogens with zero attached hydrogens (tertiary/aromatic N) is 2. The van der Waals surface area contributed by atoms with E-state index in [1.165, 1.54) is 11.8 Å². The second kappa shape index (κ2) is 10.2. The molecule has 0 saturated heterocycles. The summed E-state index contributed by atoms with van der Waals surface area (Å²) >= 11 is 7.36. The van der Waals surface area contributed by atoms with Gasteiger partial charge in [-0.3, -0.25) is 14.2 Å². The van der Waals surface area contributed by atoms with E-state index in [1.807, 2.05) is 12.1 Å². The normalized spacial score (nSPS) is 12.2. The van der Waals surface area contributed by atoms with Gasteiger partial charge in [0.25, 0.3) is 5.56 Å². The molecule has 1 heterocycles. The molecular formula is C23H26ClN3O3S. The minimum Gasteiger partial charge on any atom is -0.495 e. The van der Waals surface area contributed by atoms with Gasteiger partial charge in [-0.15, -0.1) is 0 Å². The molecule has 6 nitrogen and oxygen atoms in total. The fourth-order valence-electron chi connectivity index (χ4n) is 3.04. The molecule has 0 saturated carbocycles. The van der Waals surface area contributed by atoms with Crippen LogP contribution >= 0.6 is 23.4 Å². The number of rotatable bonds is 8. The summed E-state index contributed by atoms with van der Waals surface area (Å²) in [5.41, 5.74) is 0.998. The molecular weight excluding hydrogens is 434 g/mol. The van der Waals surface area contributed by atoms with Crippen LogP contribution in [-0.2, 0) is 11.3 Å². The van der Waals surface area contributed by atoms with Crippen molar-refractivity contribution >= 4 is 45.9 Å². The molecule has 31 heavy (non-hydrogen) atoms. The first-order valence-electron chi connectivity index (χ1n) is 10.1. The second-order valence-electron chi connectivity index (χ2n) is 7.64. The number of fused-ring (bicyclic) bond motifs is 1. The van der Waals surface area contributed by atoms with Crippen LogP contribution in [0, 0.1) is 5.92 Å². The molecule has 0 aliphatic heterocycles. The lowest BCUT2D eigenvalue weighted by atomic mass is 10.1. The number of halogens is 1. The topological polar surface area (TPSA) is 73.2 Å². The number of methoxy groups -OCH3 is 1. The van der Waals surface area contributed by atoms with Gasteiger partial charge < -0.3 is 10.1 Å². The van der Waals surface area contributed by atoms with Gasteiger partial charge in [-0.2, -0.15) is 0 Å². The minimum absolute atomic E-state index is 0.123. The van der Waals surface area contributed by atoms with Gasteiger partial charge in [-0.25, -0.2) is 4.98 Å². The highest BCUT2D eigenvalue weighted by atomic mass is 35.5. The number of para-hydroxylation sites is 2. The van der Waals surface area contributed by atoms with Crippen LogP contribution in [0.25, 0.3) is 10.9 Å². The number of hydrogen-bond donors (Lipinski definition) is 1. The number of anilines is 1. The predicted octanol–water partition coefficient (Wildman–Crippen LogP) is 5.22. The zero-order chi connectivity index (χ0) is 22.5. The van der Waals surface area contributed by atoms with Crippen molar-refractivity contribution in [3.8, 4) is 5.75 Å². The Kier molecular flexibility index (Phi) is 7.62. The van der Waals surface area contributed by atoms with E-state index >= 15 is 0 Å². The molecule has 3 aromatic rings. The molecule has 0 aliphatic rings. The molecule has 1 aromatic heterocycles. The Labute approximate surface area is 191 Å². The zero-order valence-electron chi connectivity index (χ0n) is 18.0. The van der Waals surface area contributed by atoms with Crippen LogP contribution < -0.4 is 15.6 Å². The Hall–Kier alpha value is -2.51. The van der Waals surface area contributed by atoms with Crippen molar-refractivity contribution < 1.29 is 9.53 Å². The zero-order valence-corrected chi connectivity index (χ0v) is 19.6. The van der Waals surface area contributed by atoms with Gasteiger partial charge in [-0.1, -0.05) is 49.3 Å². The SMILES string of the molecule is COc1ccccc1NC(=O)C(C)Sc1nc2cc(Cl)ccc2c(=O)n1CCC(C)C. The number of carbonyl (C=O) groups excluding carboxylic acids is 1. The van der Waals surface area contributed by atoms with E-state index in [9.17, 15) is 9.59 Å². The van der Waals surface area contributed by atoms with Crippen LogP contribution in [0.3, 0.4) is 0 Å². The van der Waals surface area contributed by atoms with E-state index in [2.05, 4.69) is 24.1 Å². The summed E-state index contributed by atoms with van der Waals surface area (Å²) in [4.78, 5) is 30.7. The fraction of sp³-hybridized carbons (Fsp3) is 0.348. The van der Waals surface area contributed by atoms with E-state index in [1.54, 1.807) is 48.9 Å². The molecule has 2 aromatic carbocycles. The number of carbonyl (C=O) groups is 1. The van der Waals surface area contributed by atoms with Gasteiger partial charge in [0, 0.05) is 11.6 Å². The van der Waals surface area contributed by atoms with Crippen molar-refractivity contribution in [2.24, 2.45) is 5.92 Å². The summed E-state index contributed by atoms with van der Waals surface area (Å²) in [6, 6.07) is 12.3. The molecule has 0 bridgehead atoms. The Bertz CT molecular complexity index is 1150. The third kappa shape index (κ3) is 5.60. The molecule has 164 valence electrons. The lowest BCUT2D eigenvalue weighted by Crippen LogP contribution is -2.27. The monoisotopic (exact) mass is 459 g/mol. The Morgan fingerprint density at radius 3 is 2.68 bits per heavy atom. The van der Waals surface area contributed by atoms with Gasteiger partial charge in [0.05, 0.1) is 29.0 Å². The lowest BCUT2D eigenvalue weighted by Gasteiger charge is -2.17. The summed E-state index contributed by atoms with van der Waals surface area (Å²) in [7, 11) is 1.56. The fourth-order valence-corrected chi connectivity index (χ4v) is 4.14. The first-order valence-corrected chi connectivity index (χ1v) is 11.4. The molecule has 1 N–H and O–H groups in total. The third-order valence-electron chi connectivity index (χ3n) is 4.83. The summed E-state index contributed by atoms with van der Waals surface area (Å²) in [5, 5.41) is 3.94. The average molecular weight is 460 g/mol. The Balaban J connectivity index is 1.91. The standard InChI is InChI=1S/C23H26ClN3O3S/c1-14(2)11-12-27-22(29)17-10-9-16(24)13-19(17)26-23(27)31-15(3)21(28)25-18-7-5-6-8-20(18)30-4/h5-10,13-15H,11-12H2,1-4H3,(H,25,28). The van der Waals surface area contributed by atoms with Crippen LogP contribution in [0.1, 0.15) is 27.2 Å². The Morgan fingerprint density at radius 1 is 1.23 bits per heavy atom. The average Bonchev–Trinajstić information content (AvgIpc) is 2.73. The lowest BCUT2D eigenvalue weighted by molar-refractivity contribution is -0.115. The summed E-state index contributed by atoms with van der Waals surface area (Å²) in [6.07, 6.45) is 0.829. The van der Waals surface area contributed by atoms with E-state index in [0.29, 0.717) is 45.0 Å². The number of hydrogen-bond acceptors (Lipinski definition) is 5. The third-order valence-corrected chi connectivity index (χ3v) is 6.15. The van der Waals surface area contributed by atoms with Crippen molar-refractivity contribution in [2.45, 2.75) is 44.1 Å². The van der Waals surface area contributed by atoms with Gasteiger partial charge in [0.2, 0.25) is 5.91 Å². The van der Waals surface area contributed by atoms with E-state index in [4.69, 9.17) is 16.3 Å². The largest absolute Gasteiger partial charge is 0.495 e. The van der Waals surface area contributed by atoms with Crippen LogP contribution in [0.4, 0.5) is 5.69 Å². The molecule has 0 radical (unpaired) electrons. The van der Waals surface area contributed by atoms with Crippen LogP contribution in [-0.4, -0.2) is 27.8 Å². The quantitative estimate of drug-likeness (QED) is 0.369. The summed E-state index contributed by atoms with van der Waals surface area (Å²) in [5.74, 6) is 0.808. The Morgan fingerprint density at radius 2 is 1.97 bits per heavy atom. The van der Waals surface area contributed by atoms with E-state index < -0.39 is 5.25 Å². The number of nitrogens with one attached hydrogen (secondary N) is 1. The number of benzene rings is 2. The highest BCUT2D eigenvalue weighted by Gasteiger charge is 2.21. The van der Waals surface area contributed by atoms with Crippen molar-refractivity contribution in [1.29, 1.82) is 0 Å². The van der Waals surface area contributed by atoms with Gasteiger partial charge in [-0.05, 0) is 49.6 Å². The minimum atomic E-state index is -0.487. The first-order chi connectivity index (χ1) is 14.8. The number of ether oxygens (including phenoxy) is 1. The summed E-state index contributed by atoms with van der Waals surface area (Å²) < 4.78 is 6.96. The van der Waals surface area contributed by atoms with Crippen molar-refractivity contribution in [3.63, 3.8) is 0 Å². The van der Waals surface area contributed by atoms with Gasteiger partial charge >= 0.3 is 0 Å². The predicted molar refractivity (Wildman–Crippen MR) is 127 cm³/mol. The van der Waals surface area contributed by atoms with Gasteiger partial charge in [0.1, 0.15) is 5.75 Å². The maximum Gasteiger partial charge on any atom is 0.262 e. The van der Waals surface area contributed by atoms with Crippen molar-refractivity contribution in [2.75, 3.05) is 12.4 Å². The number of amides is 1. The van der Waals surface area contributed by atoms with Crippen LogP contribution in [0.15, 0.2) is 52.4 Å². The molecule has 0 fully saturated rings. The maximum atomic E-state index is 13.1. The molecule has 3 rings (SSSR count). The smallest absolute Gasteiger partial charge is 0.262 e. The molecule has 1 unspecified atom stereocenters. The first kappa shape index (κ1) is 23.2. The molecule has 0 spiro atoms. The number of aromatic nitrogens is 2. The molecule has 8 heteroatoms. The molecule has 1 amide bonds. The van der Waals surface area contributed by atoms with Crippen molar-refractivity contribution in [3.05, 3.63) is 57.8 Å². The van der Waals surface area contributed by atoms with E-state index in [0.717, 1.165) is 6.42 Å².